The van der Waals surface area contributed by atoms with Crippen LogP contribution < -0.4 is 10.2 Å². The van der Waals surface area contributed by atoms with Crippen molar-refractivity contribution in [3.8, 4) is 0 Å². The summed E-state index contributed by atoms with van der Waals surface area (Å²) in [6.45, 7) is 10.7. The third-order valence-corrected chi connectivity index (χ3v) is 2.25. The molecule has 0 fully saturated rings. The van der Waals surface area contributed by atoms with Crippen LogP contribution in [0.2, 0.25) is 0 Å². The Bertz CT molecular complexity index is 328. The fourth-order valence-corrected chi connectivity index (χ4v) is 1.74. The van der Waals surface area contributed by atoms with E-state index in [9.17, 15) is 0 Å². The summed E-state index contributed by atoms with van der Waals surface area (Å²) in [7, 11) is 2.12. The van der Waals surface area contributed by atoms with Crippen molar-refractivity contribution in [2.75, 3.05) is 30.4 Å². The lowest BCUT2D eigenvalue weighted by atomic mass is 9.96. The molecule has 0 aliphatic carbocycles. The van der Waals surface area contributed by atoms with Gasteiger partial charge in [-0.15, -0.1) is 0 Å². The summed E-state index contributed by atoms with van der Waals surface area (Å²) in [5.41, 5.74) is 1.51. The third-order valence-electron chi connectivity index (χ3n) is 2.25. The minimum Gasteiger partial charge on any atom is -0.374 e. The smallest absolute Gasteiger partial charge is 0.127 e. The van der Waals surface area contributed by atoms with Crippen molar-refractivity contribution in [2.45, 2.75) is 27.7 Å². The van der Waals surface area contributed by atoms with Crippen LogP contribution in [0.5, 0.6) is 0 Å². The normalized spacial score (nSPS) is 11.3. The second kappa shape index (κ2) is 5.19. The molecule has 0 amide bonds. The first-order valence-electron chi connectivity index (χ1n) is 5.83. The van der Waals surface area contributed by atoms with Crippen LogP contribution in [0.4, 0.5) is 11.5 Å². The summed E-state index contributed by atoms with van der Waals surface area (Å²) in [5.74, 6) is 0.945. The van der Waals surface area contributed by atoms with E-state index < -0.39 is 0 Å². The molecule has 0 atom stereocenters. The molecule has 3 nitrogen and oxygen atoms in total. The Morgan fingerprint density at radius 3 is 2.62 bits per heavy atom. The maximum atomic E-state index is 4.27. The number of hydrogen-bond acceptors (Lipinski definition) is 3. The molecule has 0 aliphatic heterocycles. The zero-order chi connectivity index (χ0) is 12.2. The van der Waals surface area contributed by atoms with Crippen LogP contribution in [0.3, 0.4) is 0 Å². The Hall–Kier alpha value is -1.25. The van der Waals surface area contributed by atoms with Crippen LogP contribution in [-0.4, -0.2) is 25.1 Å². The molecule has 0 saturated heterocycles. The molecule has 0 saturated carbocycles. The fourth-order valence-electron chi connectivity index (χ4n) is 1.74. The fraction of sp³-hybridized carbons (Fsp3) is 0.615. The van der Waals surface area contributed by atoms with E-state index in [0.717, 1.165) is 18.9 Å². The van der Waals surface area contributed by atoms with Crippen LogP contribution in [0, 0.1) is 5.41 Å². The standard InChI is InChI=1S/C13H23N3/c1-6-14-12-9-11(7-8-15-12)16(5)10-13(2,3)4/h7-9H,6,10H2,1-5H3,(H,14,15). The summed E-state index contributed by atoms with van der Waals surface area (Å²) in [4.78, 5) is 6.54. The second-order valence-electron chi connectivity index (χ2n) is 5.35. The number of nitrogens with zero attached hydrogens (tertiary/aromatic N) is 2. The Morgan fingerprint density at radius 2 is 2.06 bits per heavy atom. The molecule has 1 aromatic rings. The lowest BCUT2D eigenvalue weighted by molar-refractivity contribution is 0.419. The Kier molecular flexibility index (Phi) is 4.16. The molecule has 0 spiro atoms. The maximum Gasteiger partial charge on any atom is 0.127 e. The maximum absolute atomic E-state index is 4.27. The van der Waals surface area contributed by atoms with Gasteiger partial charge in [0.2, 0.25) is 0 Å². The largest absolute Gasteiger partial charge is 0.374 e. The Labute approximate surface area is 98.9 Å². The van der Waals surface area contributed by atoms with E-state index in [-0.39, 0.29) is 0 Å². The Balaban J connectivity index is 2.75. The summed E-state index contributed by atoms with van der Waals surface area (Å²) in [6.07, 6.45) is 1.85. The summed E-state index contributed by atoms with van der Waals surface area (Å²) < 4.78 is 0. The van der Waals surface area contributed by atoms with E-state index in [1.165, 1.54) is 5.69 Å². The van der Waals surface area contributed by atoms with Gasteiger partial charge in [-0.1, -0.05) is 20.8 Å². The number of aromatic nitrogens is 1. The zero-order valence-corrected chi connectivity index (χ0v) is 11.0. The van der Waals surface area contributed by atoms with Crippen molar-refractivity contribution in [1.82, 2.24) is 4.98 Å². The van der Waals surface area contributed by atoms with Crippen molar-refractivity contribution in [3.05, 3.63) is 18.3 Å². The SMILES string of the molecule is CCNc1cc(N(C)CC(C)(C)C)ccn1. The molecule has 3 heteroatoms. The summed E-state index contributed by atoms with van der Waals surface area (Å²) >= 11 is 0. The van der Waals surface area contributed by atoms with E-state index in [1.807, 2.05) is 12.3 Å². The van der Waals surface area contributed by atoms with Gasteiger partial charge < -0.3 is 10.2 Å². The number of nitrogens with one attached hydrogen (secondary N) is 1. The molecule has 0 aromatic carbocycles. The van der Waals surface area contributed by atoms with Gasteiger partial charge in [-0.3, -0.25) is 0 Å². The van der Waals surface area contributed by atoms with Crippen LogP contribution in [0.1, 0.15) is 27.7 Å². The number of pyridine rings is 1. The first-order chi connectivity index (χ1) is 7.42. The molecule has 90 valence electrons. The molecule has 0 aliphatic rings. The minimum atomic E-state index is 0.302. The van der Waals surface area contributed by atoms with Crippen molar-refractivity contribution < 1.29 is 0 Å². The topological polar surface area (TPSA) is 28.2 Å². The van der Waals surface area contributed by atoms with Gasteiger partial charge in [-0.05, 0) is 18.4 Å². The van der Waals surface area contributed by atoms with Crippen molar-refractivity contribution in [2.24, 2.45) is 5.41 Å². The zero-order valence-electron chi connectivity index (χ0n) is 11.0. The van der Waals surface area contributed by atoms with Gasteiger partial charge in [0, 0.05) is 38.1 Å². The average Bonchev–Trinajstić information content (AvgIpc) is 2.16. The number of rotatable bonds is 4. The molecule has 1 N–H and O–H groups in total. The van der Waals surface area contributed by atoms with E-state index in [2.05, 4.69) is 56.0 Å². The van der Waals surface area contributed by atoms with Crippen molar-refractivity contribution in [3.63, 3.8) is 0 Å². The van der Waals surface area contributed by atoms with Gasteiger partial charge >= 0.3 is 0 Å². The van der Waals surface area contributed by atoms with Crippen molar-refractivity contribution in [1.29, 1.82) is 0 Å². The first kappa shape index (κ1) is 12.8. The monoisotopic (exact) mass is 221 g/mol. The Morgan fingerprint density at radius 1 is 1.38 bits per heavy atom. The molecular weight excluding hydrogens is 198 g/mol. The van der Waals surface area contributed by atoms with E-state index in [0.29, 0.717) is 5.41 Å². The lowest BCUT2D eigenvalue weighted by Crippen LogP contribution is -2.29. The molecule has 0 radical (unpaired) electrons. The predicted octanol–water partition coefficient (Wildman–Crippen LogP) is 3.00. The minimum absolute atomic E-state index is 0.302. The van der Waals surface area contributed by atoms with Gasteiger partial charge in [0.05, 0.1) is 0 Å². The molecule has 0 unspecified atom stereocenters. The van der Waals surface area contributed by atoms with Gasteiger partial charge in [-0.25, -0.2) is 4.98 Å². The van der Waals surface area contributed by atoms with E-state index in [4.69, 9.17) is 0 Å². The van der Waals surface area contributed by atoms with Gasteiger partial charge in [0.15, 0.2) is 0 Å². The van der Waals surface area contributed by atoms with E-state index >= 15 is 0 Å². The van der Waals surface area contributed by atoms with Crippen LogP contribution in [-0.2, 0) is 0 Å². The average molecular weight is 221 g/mol. The molecule has 1 aromatic heterocycles. The molecule has 1 heterocycles. The highest BCUT2D eigenvalue weighted by Gasteiger charge is 2.14. The van der Waals surface area contributed by atoms with Crippen LogP contribution >= 0.6 is 0 Å². The number of hydrogen-bond donors (Lipinski definition) is 1. The van der Waals surface area contributed by atoms with Gasteiger partial charge in [-0.2, -0.15) is 0 Å². The second-order valence-corrected chi connectivity index (χ2v) is 5.35. The summed E-state index contributed by atoms with van der Waals surface area (Å²) in [6, 6.07) is 4.14. The molecule has 1 rings (SSSR count). The molecule has 0 bridgehead atoms. The van der Waals surface area contributed by atoms with Gasteiger partial charge in [0.25, 0.3) is 0 Å². The highest BCUT2D eigenvalue weighted by Crippen LogP contribution is 2.21. The van der Waals surface area contributed by atoms with Crippen LogP contribution in [0.25, 0.3) is 0 Å². The quantitative estimate of drug-likeness (QED) is 0.847. The van der Waals surface area contributed by atoms with Crippen molar-refractivity contribution >= 4 is 11.5 Å². The van der Waals surface area contributed by atoms with E-state index in [1.54, 1.807) is 0 Å². The lowest BCUT2D eigenvalue weighted by Gasteiger charge is -2.28. The number of anilines is 2. The highest BCUT2D eigenvalue weighted by atomic mass is 15.1. The first-order valence-corrected chi connectivity index (χ1v) is 5.83. The molecular formula is C13H23N3. The highest BCUT2D eigenvalue weighted by molar-refractivity contribution is 5.53. The molecule has 16 heavy (non-hydrogen) atoms. The third kappa shape index (κ3) is 4.09. The predicted molar refractivity (Wildman–Crippen MR) is 71.1 cm³/mol. The summed E-state index contributed by atoms with van der Waals surface area (Å²) in [5, 5.41) is 3.23. The van der Waals surface area contributed by atoms with Crippen LogP contribution in [0.15, 0.2) is 18.3 Å². The van der Waals surface area contributed by atoms with Gasteiger partial charge in [0.1, 0.15) is 5.82 Å².